The van der Waals surface area contributed by atoms with Crippen molar-refractivity contribution in [2.75, 3.05) is 0 Å². The molecule has 1 N–H and O–H groups in total. The van der Waals surface area contributed by atoms with Gasteiger partial charge in [-0.05, 0) is 25.5 Å². The van der Waals surface area contributed by atoms with Crippen LogP contribution in [0.1, 0.15) is 28.6 Å². The second-order valence-corrected chi connectivity index (χ2v) is 4.80. The van der Waals surface area contributed by atoms with Gasteiger partial charge in [-0.3, -0.25) is 9.67 Å². The van der Waals surface area contributed by atoms with E-state index in [4.69, 9.17) is 11.6 Å². The van der Waals surface area contributed by atoms with Gasteiger partial charge < -0.3 is 5.11 Å². The highest BCUT2D eigenvalue weighted by Crippen LogP contribution is 2.26. The first-order valence-electron chi connectivity index (χ1n) is 5.77. The lowest BCUT2D eigenvalue weighted by Gasteiger charge is -2.12. The van der Waals surface area contributed by atoms with Gasteiger partial charge in [-0.25, -0.2) is 0 Å². The van der Waals surface area contributed by atoms with Crippen LogP contribution < -0.4 is 0 Å². The molecule has 0 aliphatic rings. The Bertz CT molecular complexity index is 565. The number of aromatic nitrogens is 3. The zero-order valence-corrected chi connectivity index (χ0v) is 11.4. The van der Waals surface area contributed by atoms with Crippen molar-refractivity contribution in [1.29, 1.82) is 0 Å². The number of rotatable bonds is 3. The van der Waals surface area contributed by atoms with Gasteiger partial charge in [0.2, 0.25) is 0 Å². The molecule has 0 aromatic carbocycles. The van der Waals surface area contributed by atoms with Crippen LogP contribution in [0, 0.1) is 13.8 Å². The fourth-order valence-corrected chi connectivity index (χ4v) is 2.35. The molecule has 4 nitrogen and oxygen atoms in total. The fraction of sp³-hybridized carbons (Fsp3) is 0.385. The van der Waals surface area contributed by atoms with Crippen LogP contribution in [0.5, 0.6) is 0 Å². The molecule has 96 valence electrons. The van der Waals surface area contributed by atoms with Crippen molar-refractivity contribution in [2.45, 2.75) is 26.4 Å². The van der Waals surface area contributed by atoms with Gasteiger partial charge in [-0.2, -0.15) is 5.10 Å². The van der Waals surface area contributed by atoms with Gasteiger partial charge in [0.25, 0.3) is 0 Å². The number of nitrogens with zero attached hydrogens (tertiary/aromatic N) is 3. The normalized spacial score (nSPS) is 12.7. The molecule has 0 spiro atoms. The van der Waals surface area contributed by atoms with Gasteiger partial charge >= 0.3 is 0 Å². The molecule has 18 heavy (non-hydrogen) atoms. The lowest BCUT2D eigenvalue weighted by molar-refractivity contribution is 0.177. The van der Waals surface area contributed by atoms with Crippen molar-refractivity contribution in [3.8, 4) is 0 Å². The summed E-state index contributed by atoms with van der Waals surface area (Å²) in [7, 11) is 1.87. The standard InChI is InChI=1S/C13H16ClN3O/c1-8-13(9(2)17(3)16-8)12(18)6-10-4-5-15-7-11(10)14/h4-5,7,12,18H,6H2,1-3H3. The molecule has 1 atom stereocenters. The number of hydrogen-bond acceptors (Lipinski definition) is 3. The van der Waals surface area contributed by atoms with Crippen molar-refractivity contribution >= 4 is 11.6 Å². The lowest BCUT2D eigenvalue weighted by Crippen LogP contribution is -2.05. The molecule has 0 fully saturated rings. The van der Waals surface area contributed by atoms with Crippen LogP contribution in [0.25, 0.3) is 0 Å². The predicted molar refractivity (Wildman–Crippen MR) is 70.6 cm³/mol. The van der Waals surface area contributed by atoms with E-state index in [9.17, 15) is 5.11 Å². The summed E-state index contributed by atoms with van der Waals surface area (Å²) >= 11 is 6.05. The van der Waals surface area contributed by atoms with Crippen LogP contribution in [0.2, 0.25) is 5.02 Å². The number of hydrogen-bond donors (Lipinski definition) is 1. The predicted octanol–water partition coefficient (Wildman–Crippen LogP) is 2.36. The van der Waals surface area contributed by atoms with Crippen molar-refractivity contribution in [3.63, 3.8) is 0 Å². The summed E-state index contributed by atoms with van der Waals surface area (Å²) in [6.45, 7) is 3.85. The second kappa shape index (κ2) is 5.08. The average molecular weight is 266 g/mol. The molecule has 0 aliphatic heterocycles. The van der Waals surface area contributed by atoms with E-state index in [-0.39, 0.29) is 0 Å². The fourth-order valence-electron chi connectivity index (χ4n) is 2.15. The number of aliphatic hydroxyl groups excluding tert-OH is 1. The Morgan fingerprint density at radius 1 is 1.44 bits per heavy atom. The summed E-state index contributed by atoms with van der Waals surface area (Å²) in [5, 5.41) is 15.2. The summed E-state index contributed by atoms with van der Waals surface area (Å²) in [6, 6.07) is 1.83. The first-order chi connectivity index (χ1) is 8.50. The van der Waals surface area contributed by atoms with Gasteiger partial charge in [0.05, 0.1) is 16.8 Å². The maximum Gasteiger partial charge on any atom is 0.0866 e. The first kappa shape index (κ1) is 13.1. The molecular weight excluding hydrogens is 250 g/mol. The van der Waals surface area contributed by atoms with Crippen LogP contribution >= 0.6 is 11.6 Å². The third-order valence-corrected chi connectivity index (χ3v) is 3.51. The van der Waals surface area contributed by atoms with Gasteiger partial charge in [0.1, 0.15) is 0 Å². The Labute approximate surface area is 111 Å². The Morgan fingerprint density at radius 3 is 2.72 bits per heavy atom. The molecule has 2 heterocycles. The van der Waals surface area contributed by atoms with E-state index < -0.39 is 6.10 Å². The van der Waals surface area contributed by atoms with E-state index in [0.29, 0.717) is 11.4 Å². The van der Waals surface area contributed by atoms with Gasteiger partial charge in [-0.15, -0.1) is 0 Å². The first-order valence-corrected chi connectivity index (χ1v) is 6.15. The van der Waals surface area contributed by atoms with Crippen LogP contribution in [0.4, 0.5) is 0 Å². The van der Waals surface area contributed by atoms with Crippen LogP contribution in [0.3, 0.4) is 0 Å². The summed E-state index contributed by atoms with van der Waals surface area (Å²) in [4.78, 5) is 3.93. The Morgan fingerprint density at radius 2 is 2.17 bits per heavy atom. The third kappa shape index (κ3) is 2.40. The average Bonchev–Trinajstić information content (AvgIpc) is 2.56. The van der Waals surface area contributed by atoms with Crippen LogP contribution in [0.15, 0.2) is 18.5 Å². The van der Waals surface area contributed by atoms with E-state index in [2.05, 4.69) is 10.1 Å². The monoisotopic (exact) mass is 265 g/mol. The molecule has 0 radical (unpaired) electrons. The molecule has 0 aliphatic carbocycles. The van der Waals surface area contributed by atoms with E-state index in [1.54, 1.807) is 17.1 Å². The molecule has 2 aromatic heterocycles. The zero-order valence-electron chi connectivity index (χ0n) is 10.7. The second-order valence-electron chi connectivity index (χ2n) is 4.40. The number of pyridine rings is 1. The third-order valence-electron chi connectivity index (χ3n) is 3.17. The van der Waals surface area contributed by atoms with E-state index in [1.165, 1.54) is 0 Å². The molecule has 0 bridgehead atoms. The molecular formula is C13H16ClN3O. The smallest absolute Gasteiger partial charge is 0.0866 e. The highest BCUT2D eigenvalue weighted by Gasteiger charge is 2.19. The van der Waals surface area contributed by atoms with E-state index >= 15 is 0 Å². The number of halogens is 1. The summed E-state index contributed by atoms with van der Waals surface area (Å²) in [5.41, 5.74) is 3.60. The summed E-state index contributed by atoms with van der Waals surface area (Å²) < 4.78 is 1.78. The Hall–Kier alpha value is -1.39. The highest BCUT2D eigenvalue weighted by atomic mass is 35.5. The van der Waals surface area contributed by atoms with E-state index in [0.717, 1.165) is 22.5 Å². The topological polar surface area (TPSA) is 50.9 Å². The van der Waals surface area contributed by atoms with Crippen LogP contribution in [-0.4, -0.2) is 19.9 Å². The molecule has 0 amide bonds. The van der Waals surface area contributed by atoms with Crippen molar-refractivity contribution in [2.24, 2.45) is 7.05 Å². The quantitative estimate of drug-likeness (QED) is 0.927. The Balaban J connectivity index is 2.28. The van der Waals surface area contributed by atoms with E-state index in [1.807, 2.05) is 27.0 Å². The lowest BCUT2D eigenvalue weighted by atomic mass is 10.0. The molecule has 0 saturated heterocycles. The zero-order chi connectivity index (χ0) is 13.3. The van der Waals surface area contributed by atoms with Crippen LogP contribution in [-0.2, 0) is 13.5 Å². The minimum Gasteiger partial charge on any atom is -0.388 e. The molecule has 0 saturated carbocycles. The molecule has 1 unspecified atom stereocenters. The van der Waals surface area contributed by atoms with Crippen molar-refractivity contribution < 1.29 is 5.11 Å². The van der Waals surface area contributed by atoms with Crippen molar-refractivity contribution in [1.82, 2.24) is 14.8 Å². The molecule has 2 aromatic rings. The molecule has 2 rings (SSSR count). The summed E-state index contributed by atoms with van der Waals surface area (Å²) in [6.07, 6.45) is 3.14. The van der Waals surface area contributed by atoms with Crippen molar-refractivity contribution in [3.05, 3.63) is 46.0 Å². The van der Waals surface area contributed by atoms with Gasteiger partial charge in [-0.1, -0.05) is 11.6 Å². The van der Waals surface area contributed by atoms with Gasteiger partial charge in [0, 0.05) is 37.1 Å². The van der Waals surface area contributed by atoms with Gasteiger partial charge in [0.15, 0.2) is 0 Å². The highest BCUT2D eigenvalue weighted by molar-refractivity contribution is 6.31. The maximum atomic E-state index is 10.3. The largest absolute Gasteiger partial charge is 0.388 e. The summed E-state index contributed by atoms with van der Waals surface area (Å²) in [5.74, 6) is 0. The molecule has 5 heteroatoms. The Kier molecular flexibility index (Phi) is 3.68. The number of aryl methyl sites for hydroxylation is 2. The number of aliphatic hydroxyl groups is 1. The maximum absolute atomic E-state index is 10.3. The minimum atomic E-state index is -0.599. The SMILES string of the molecule is Cc1nn(C)c(C)c1C(O)Cc1ccncc1Cl. The minimum absolute atomic E-state index is 0.467.